The molecule has 0 aromatic heterocycles. The van der Waals surface area contributed by atoms with Crippen molar-refractivity contribution in [2.24, 2.45) is 0 Å². The van der Waals surface area contributed by atoms with Crippen molar-refractivity contribution in [3.05, 3.63) is 28.7 Å². The Bertz CT molecular complexity index is 329. The number of unbranched alkanes of at least 4 members (excludes halogenated alkanes) is 1. The zero-order valence-electron chi connectivity index (χ0n) is 10.5. The van der Waals surface area contributed by atoms with E-state index in [9.17, 15) is 0 Å². The molecule has 0 unspecified atom stereocenters. The van der Waals surface area contributed by atoms with Crippen molar-refractivity contribution in [2.75, 3.05) is 37.6 Å². The summed E-state index contributed by atoms with van der Waals surface area (Å²) in [7, 11) is 0. The molecule has 1 fully saturated rings. The van der Waals surface area contributed by atoms with Gasteiger partial charge in [0.2, 0.25) is 0 Å². The van der Waals surface area contributed by atoms with Crippen LogP contribution in [0.3, 0.4) is 0 Å². The van der Waals surface area contributed by atoms with Gasteiger partial charge in [0.1, 0.15) is 0 Å². The van der Waals surface area contributed by atoms with Crippen molar-refractivity contribution in [1.29, 1.82) is 0 Å². The molecule has 1 aromatic rings. The maximum atomic E-state index is 3.48. The second-order valence-corrected chi connectivity index (χ2v) is 5.57. The molecule has 2 nitrogen and oxygen atoms in total. The van der Waals surface area contributed by atoms with Gasteiger partial charge in [0, 0.05) is 36.3 Å². The van der Waals surface area contributed by atoms with E-state index in [1.165, 1.54) is 38.2 Å². The van der Waals surface area contributed by atoms with Crippen LogP contribution in [0.25, 0.3) is 0 Å². The average Bonchev–Trinajstić information content (AvgIpc) is 2.38. The molecule has 0 atom stereocenters. The van der Waals surface area contributed by atoms with Crippen LogP contribution < -0.4 is 4.90 Å². The Morgan fingerprint density at radius 2 is 1.71 bits per heavy atom. The third-order valence-electron chi connectivity index (χ3n) is 3.39. The smallest absolute Gasteiger partial charge is 0.0367 e. The highest BCUT2D eigenvalue weighted by atomic mass is 79.9. The molecule has 0 amide bonds. The standard InChI is InChI=1S/C14H21BrN2/c1-2-3-8-16-9-11-17(12-10-16)14-6-4-13(15)5-7-14/h4-7H,2-3,8-12H2,1H3. The maximum Gasteiger partial charge on any atom is 0.0367 e. The third-order valence-corrected chi connectivity index (χ3v) is 3.92. The van der Waals surface area contributed by atoms with Crippen molar-refractivity contribution in [3.63, 3.8) is 0 Å². The Morgan fingerprint density at radius 3 is 2.29 bits per heavy atom. The number of rotatable bonds is 4. The lowest BCUT2D eigenvalue weighted by atomic mass is 10.2. The summed E-state index contributed by atoms with van der Waals surface area (Å²) in [5.41, 5.74) is 1.35. The molecule has 17 heavy (non-hydrogen) atoms. The predicted molar refractivity (Wildman–Crippen MR) is 77.7 cm³/mol. The van der Waals surface area contributed by atoms with Gasteiger partial charge in [-0.15, -0.1) is 0 Å². The highest BCUT2D eigenvalue weighted by Gasteiger charge is 2.16. The summed E-state index contributed by atoms with van der Waals surface area (Å²) in [5, 5.41) is 0. The van der Waals surface area contributed by atoms with E-state index in [2.05, 4.69) is 56.9 Å². The zero-order valence-corrected chi connectivity index (χ0v) is 12.1. The Balaban J connectivity index is 1.84. The average molecular weight is 297 g/mol. The zero-order chi connectivity index (χ0) is 12.1. The number of piperazine rings is 1. The Morgan fingerprint density at radius 1 is 1.06 bits per heavy atom. The molecule has 1 aliphatic heterocycles. The van der Waals surface area contributed by atoms with Crippen LogP contribution in [-0.2, 0) is 0 Å². The van der Waals surface area contributed by atoms with E-state index in [0.717, 1.165) is 17.6 Å². The van der Waals surface area contributed by atoms with E-state index in [1.807, 2.05) is 0 Å². The molecule has 0 saturated carbocycles. The van der Waals surface area contributed by atoms with E-state index in [-0.39, 0.29) is 0 Å². The van der Waals surface area contributed by atoms with Crippen LogP contribution >= 0.6 is 15.9 Å². The Labute approximate surface area is 113 Å². The normalized spacial score (nSPS) is 17.4. The van der Waals surface area contributed by atoms with Crippen molar-refractivity contribution in [1.82, 2.24) is 4.90 Å². The van der Waals surface area contributed by atoms with Crippen LogP contribution in [0.4, 0.5) is 5.69 Å². The van der Waals surface area contributed by atoms with Crippen LogP contribution in [0.1, 0.15) is 19.8 Å². The van der Waals surface area contributed by atoms with Crippen LogP contribution in [0.5, 0.6) is 0 Å². The molecule has 94 valence electrons. The minimum absolute atomic E-state index is 1.16. The lowest BCUT2D eigenvalue weighted by Gasteiger charge is -2.36. The monoisotopic (exact) mass is 296 g/mol. The molecule has 0 radical (unpaired) electrons. The van der Waals surface area contributed by atoms with Gasteiger partial charge >= 0.3 is 0 Å². The fraction of sp³-hybridized carbons (Fsp3) is 0.571. The fourth-order valence-corrected chi connectivity index (χ4v) is 2.53. The molecule has 1 aliphatic rings. The first kappa shape index (κ1) is 12.9. The molecule has 2 rings (SSSR count). The summed E-state index contributed by atoms with van der Waals surface area (Å²) in [6.45, 7) is 8.26. The minimum atomic E-state index is 1.16. The van der Waals surface area contributed by atoms with Gasteiger partial charge < -0.3 is 4.90 Å². The van der Waals surface area contributed by atoms with Gasteiger partial charge in [-0.25, -0.2) is 0 Å². The van der Waals surface area contributed by atoms with Gasteiger partial charge in [-0.2, -0.15) is 0 Å². The van der Waals surface area contributed by atoms with Crippen LogP contribution in [-0.4, -0.2) is 37.6 Å². The second kappa shape index (κ2) is 6.41. The van der Waals surface area contributed by atoms with Gasteiger partial charge in [0.05, 0.1) is 0 Å². The van der Waals surface area contributed by atoms with Gasteiger partial charge in [-0.3, -0.25) is 4.90 Å². The van der Waals surface area contributed by atoms with Crippen molar-refractivity contribution < 1.29 is 0 Å². The summed E-state index contributed by atoms with van der Waals surface area (Å²) < 4.78 is 1.16. The van der Waals surface area contributed by atoms with Gasteiger partial charge in [-0.1, -0.05) is 29.3 Å². The molecule has 1 aromatic carbocycles. The first-order chi connectivity index (χ1) is 8.29. The Kier molecular flexibility index (Phi) is 4.86. The summed E-state index contributed by atoms with van der Waals surface area (Å²) in [5.74, 6) is 0. The number of anilines is 1. The number of hydrogen-bond donors (Lipinski definition) is 0. The molecule has 3 heteroatoms. The fourth-order valence-electron chi connectivity index (χ4n) is 2.26. The van der Waals surface area contributed by atoms with Gasteiger partial charge in [0.25, 0.3) is 0 Å². The number of hydrogen-bond acceptors (Lipinski definition) is 2. The summed E-state index contributed by atoms with van der Waals surface area (Å²) in [6, 6.07) is 8.65. The minimum Gasteiger partial charge on any atom is -0.369 e. The number of benzene rings is 1. The molecule has 0 N–H and O–H groups in total. The molecular formula is C14H21BrN2. The molecule has 0 bridgehead atoms. The third kappa shape index (κ3) is 3.71. The van der Waals surface area contributed by atoms with E-state index < -0.39 is 0 Å². The number of halogens is 1. The first-order valence-corrected chi connectivity index (χ1v) is 7.32. The highest BCUT2D eigenvalue weighted by Crippen LogP contribution is 2.19. The molecule has 1 saturated heterocycles. The topological polar surface area (TPSA) is 6.48 Å². The summed E-state index contributed by atoms with van der Waals surface area (Å²) >= 11 is 3.48. The van der Waals surface area contributed by atoms with E-state index in [4.69, 9.17) is 0 Å². The predicted octanol–water partition coefficient (Wildman–Crippen LogP) is 3.37. The molecule has 0 aliphatic carbocycles. The van der Waals surface area contributed by atoms with Crippen LogP contribution in [0, 0.1) is 0 Å². The number of nitrogens with zero attached hydrogens (tertiary/aromatic N) is 2. The van der Waals surface area contributed by atoms with E-state index in [0.29, 0.717) is 0 Å². The summed E-state index contributed by atoms with van der Waals surface area (Å²) in [6.07, 6.45) is 2.63. The largest absolute Gasteiger partial charge is 0.369 e. The van der Waals surface area contributed by atoms with Crippen molar-refractivity contribution in [3.8, 4) is 0 Å². The highest BCUT2D eigenvalue weighted by molar-refractivity contribution is 9.10. The van der Waals surface area contributed by atoms with Crippen molar-refractivity contribution in [2.45, 2.75) is 19.8 Å². The Hall–Kier alpha value is -0.540. The quantitative estimate of drug-likeness (QED) is 0.840. The molecular weight excluding hydrogens is 276 g/mol. The maximum absolute atomic E-state index is 3.48. The second-order valence-electron chi connectivity index (χ2n) is 4.66. The van der Waals surface area contributed by atoms with E-state index in [1.54, 1.807) is 0 Å². The SMILES string of the molecule is CCCCN1CCN(c2ccc(Br)cc2)CC1. The van der Waals surface area contributed by atoms with Crippen molar-refractivity contribution >= 4 is 21.6 Å². The first-order valence-electron chi connectivity index (χ1n) is 6.52. The van der Waals surface area contributed by atoms with Gasteiger partial charge in [-0.05, 0) is 37.2 Å². The lowest BCUT2D eigenvalue weighted by Crippen LogP contribution is -2.46. The van der Waals surface area contributed by atoms with Crippen LogP contribution in [0.2, 0.25) is 0 Å². The lowest BCUT2D eigenvalue weighted by molar-refractivity contribution is 0.254. The molecule has 0 spiro atoms. The summed E-state index contributed by atoms with van der Waals surface area (Å²) in [4.78, 5) is 5.06. The molecule has 1 heterocycles. The van der Waals surface area contributed by atoms with E-state index >= 15 is 0 Å². The van der Waals surface area contributed by atoms with Gasteiger partial charge in [0.15, 0.2) is 0 Å². The van der Waals surface area contributed by atoms with Crippen LogP contribution in [0.15, 0.2) is 28.7 Å².